The zero-order valence-electron chi connectivity index (χ0n) is 14.0. The summed E-state index contributed by atoms with van der Waals surface area (Å²) in [4.78, 5) is 24.7. The van der Waals surface area contributed by atoms with Crippen molar-refractivity contribution in [2.24, 2.45) is 0 Å². The van der Waals surface area contributed by atoms with E-state index in [4.69, 9.17) is 27.9 Å². The molecule has 2 heterocycles. The van der Waals surface area contributed by atoms with Crippen LogP contribution in [0.1, 0.15) is 29.1 Å². The molecule has 0 saturated heterocycles. The number of hydrogen-bond donors (Lipinski definition) is 1. The maximum atomic E-state index is 12.6. The van der Waals surface area contributed by atoms with Crippen LogP contribution in [0.5, 0.6) is 0 Å². The predicted octanol–water partition coefficient (Wildman–Crippen LogP) is 4.78. The summed E-state index contributed by atoms with van der Waals surface area (Å²) >= 11 is 13.3. The number of amides is 1. The van der Waals surface area contributed by atoms with E-state index in [1.165, 1.54) is 29.3 Å². The van der Waals surface area contributed by atoms with Crippen LogP contribution in [-0.4, -0.2) is 28.8 Å². The summed E-state index contributed by atoms with van der Waals surface area (Å²) in [5.41, 5.74) is 0.605. The molecule has 0 radical (unpaired) electrons. The van der Waals surface area contributed by atoms with Crippen molar-refractivity contribution in [2.75, 3.05) is 12.4 Å². The normalized spacial score (nSPS) is 12.2. The summed E-state index contributed by atoms with van der Waals surface area (Å²) in [6, 6.07) is 4.81. The number of anilines is 1. The van der Waals surface area contributed by atoms with Crippen molar-refractivity contribution in [3.05, 3.63) is 45.5 Å². The largest absolute Gasteiger partial charge is 0.465 e. The number of carbonyl (C=O) groups is 2. The SMILES string of the molecule is CCC(C(=O)Nc1ccc2c(Cl)c(C(=O)OC)sc2c1)n1cc(Cl)cn1. The highest BCUT2D eigenvalue weighted by molar-refractivity contribution is 7.21. The third-order valence-corrected chi connectivity index (χ3v) is 5.68. The first-order valence-electron chi connectivity index (χ1n) is 7.75. The molecule has 0 spiro atoms. The fourth-order valence-corrected chi connectivity index (χ4v) is 4.18. The molecule has 1 N–H and O–H groups in total. The molecule has 0 saturated carbocycles. The van der Waals surface area contributed by atoms with Crippen LogP contribution in [0.3, 0.4) is 0 Å². The van der Waals surface area contributed by atoms with Gasteiger partial charge in [-0.05, 0) is 24.6 Å². The lowest BCUT2D eigenvalue weighted by Crippen LogP contribution is -2.25. The molecular weight excluding hydrogens is 397 g/mol. The Balaban J connectivity index is 1.86. The molecule has 136 valence electrons. The fourth-order valence-electron chi connectivity index (χ4n) is 2.57. The van der Waals surface area contributed by atoms with Gasteiger partial charge in [-0.1, -0.05) is 30.1 Å². The molecule has 0 fully saturated rings. The Morgan fingerprint density at radius 1 is 1.38 bits per heavy atom. The molecule has 0 aliphatic rings. The lowest BCUT2D eigenvalue weighted by Gasteiger charge is -2.15. The van der Waals surface area contributed by atoms with Gasteiger partial charge < -0.3 is 10.1 Å². The summed E-state index contributed by atoms with van der Waals surface area (Å²) < 4.78 is 7.05. The zero-order chi connectivity index (χ0) is 18.8. The predicted molar refractivity (Wildman–Crippen MR) is 103 cm³/mol. The number of methoxy groups -OCH3 is 1. The van der Waals surface area contributed by atoms with Crippen LogP contribution in [0.25, 0.3) is 10.1 Å². The van der Waals surface area contributed by atoms with E-state index in [2.05, 4.69) is 10.4 Å². The Hall–Kier alpha value is -2.09. The third kappa shape index (κ3) is 3.56. The molecule has 3 aromatic rings. The van der Waals surface area contributed by atoms with Crippen LogP contribution >= 0.6 is 34.5 Å². The lowest BCUT2D eigenvalue weighted by atomic mass is 10.2. The van der Waals surface area contributed by atoms with E-state index in [9.17, 15) is 9.59 Å². The van der Waals surface area contributed by atoms with Gasteiger partial charge in [0.15, 0.2) is 0 Å². The number of nitrogens with zero attached hydrogens (tertiary/aromatic N) is 2. The molecule has 9 heteroatoms. The van der Waals surface area contributed by atoms with Gasteiger partial charge in [-0.15, -0.1) is 11.3 Å². The smallest absolute Gasteiger partial charge is 0.349 e. The van der Waals surface area contributed by atoms with Crippen LogP contribution < -0.4 is 5.32 Å². The number of thiophene rings is 1. The molecule has 0 bridgehead atoms. The van der Waals surface area contributed by atoms with E-state index in [0.717, 1.165) is 10.1 Å². The van der Waals surface area contributed by atoms with E-state index < -0.39 is 12.0 Å². The Morgan fingerprint density at radius 2 is 2.15 bits per heavy atom. The van der Waals surface area contributed by atoms with E-state index in [1.807, 2.05) is 6.92 Å². The molecule has 1 unspecified atom stereocenters. The zero-order valence-corrected chi connectivity index (χ0v) is 16.3. The van der Waals surface area contributed by atoms with Crippen molar-refractivity contribution in [3.63, 3.8) is 0 Å². The van der Waals surface area contributed by atoms with Gasteiger partial charge in [0.2, 0.25) is 5.91 Å². The number of ether oxygens (including phenoxy) is 1. The number of carbonyl (C=O) groups excluding carboxylic acids is 2. The van der Waals surface area contributed by atoms with Crippen LogP contribution in [0.15, 0.2) is 30.6 Å². The fraction of sp³-hybridized carbons (Fsp3) is 0.235. The van der Waals surface area contributed by atoms with Gasteiger partial charge >= 0.3 is 5.97 Å². The quantitative estimate of drug-likeness (QED) is 0.612. The number of aromatic nitrogens is 2. The standard InChI is InChI=1S/C17H15Cl2N3O3S/c1-3-12(22-8-9(18)7-20-22)16(23)21-10-4-5-11-13(6-10)26-15(14(11)19)17(24)25-2/h4-8,12H,3H2,1-2H3,(H,21,23). The number of nitrogens with one attached hydrogen (secondary N) is 1. The molecule has 6 nitrogen and oxygen atoms in total. The summed E-state index contributed by atoms with van der Waals surface area (Å²) in [5, 5.41) is 8.53. The van der Waals surface area contributed by atoms with Crippen molar-refractivity contribution < 1.29 is 14.3 Å². The van der Waals surface area contributed by atoms with Crippen molar-refractivity contribution >= 4 is 62.2 Å². The first-order valence-corrected chi connectivity index (χ1v) is 9.32. The average molecular weight is 412 g/mol. The van der Waals surface area contributed by atoms with Gasteiger partial charge in [-0.3, -0.25) is 9.48 Å². The second-order valence-corrected chi connectivity index (χ2v) is 7.37. The first-order chi connectivity index (χ1) is 12.4. The van der Waals surface area contributed by atoms with Gasteiger partial charge in [-0.2, -0.15) is 5.10 Å². The second-order valence-electron chi connectivity index (χ2n) is 5.50. The molecular formula is C17H15Cl2N3O3S. The van der Waals surface area contributed by atoms with Gasteiger partial charge in [0.1, 0.15) is 10.9 Å². The highest BCUT2D eigenvalue weighted by atomic mass is 35.5. The first kappa shape index (κ1) is 18.7. The summed E-state index contributed by atoms with van der Waals surface area (Å²) in [5.74, 6) is -0.689. The molecule has 1 amide bonds. The minimum atomic E-state index is -0.483. The Bertz CT molecular complexity index is 983. The number of fused-ring (bicyclic) bond motifs is 1. The maximum Gasteiger partial charge on any atom is 0.349 e. The highest BCUT2D eigenvalue weighted by Gasteiger charge is 2.21. The Kier molecular flexibility index (Phi) is 5.50. The van der Waals surface area contributed by atoms with Crippen LogP contribution in [0.4, 0.5) is 5.69 Å². The summed E-state index contributed by atoms with van der Waals surface area (Å²) in [7, 11) is 1.31. The van der Waals surface area contributed by atoms with Crippen molar-refractivity contribution in [1.29, 1.82) is 0 Å². The number of halogens is 2. The van der Waals surface area contributed by atoms with Crippen molar-refractivity contribution in [2.45, 2.75) is 19.4 Å². The molecule has 2 aromatic heterocycles. The van der Waals surface area contributed by atoms with Gasteiger partial charge in [0.05, 0.1) is 23.4 Å². The minimum absolute atomic E-state index is 0.206. The molecule has 1 atom stereocenters. The Labute approximate surface area is 163 Å². The molecule has 1 aromatic carbocycles. The van der Waals surface area contributed by atoms with Gasteiger partial charge in [0, 0.05) is 22.0 Å². The average Bonchev–Trinajstić information content (AvgIpc) is 3.18. The molecule has 0 aliphatic carbocycles. The minimum Gasteiger partial charge on any atom is -0.465 e. The van der Waals surface area contributed by atoms with E-state index in [-0.39, 0.29) is 5.91 Å². The molecule has 26 heavy (non-hydrogen) atoms. The topological polar surface area (TPSA) is 73.2 Å². The molecule has 3 rings (SSSR count). The van der Waals surface area contributed by atoms with E-state index in [1.54, 1.807) is 24.4 Å². The lowest BCUT2D eigenvalue weighted by molar-refractivity contribution is -0.119. The third-order valence-electron chi connectivity index (χ3n) is 3.85. The van der Waals surface area contributed by atoms with E-state index in [0.29, 0.717) is 27.0 Å². The summed E-state index contributed by atoms with van der Waals surface area (Å²) in [6.45, 7) is 1.89. The highest BCUT2D eigenvalue weighted by Crippen LogP contribution is 2.37. The Morgan fingerprint density at radius 3 is 2.77 bits per heavy atom. The number of benzene rings is 1. The van der Waals surface area contributed by atoms with Gasteiger partial charge in [0.25, 0.3) is 0 Å². The van der Waals surface area contributed by atoms with Gasteiger partial charge in [-0.25, -0.2) is 4.79 Å². The van der Waals surface area contributed by atoms with Crippen molar-refractivity contribution in [3.8, 4) is 0 Å². The number of esters is 1. The van der Waals surface area contributed by atoms with Crippen LogP contribution in [-0.2, 0) is 9.53 Å². The van der Waals surface area contributed by atoms with Crippen LogP contribution in [0.2, 0.25) is 10.0 Å². The van der Waals surface area contributed by atoms with Crippen molar-refractivity contribution in [1.82, 2.24) is 9.78 Å². The second kappa shape index (κ2) is 7.65. The maximum absolute atomic E-state index is 12.6. The monoisotopic (exact) mass is 411 g/mol. The molecule has 0 aliphatic heterocycles. The van der Waals surface area contributed by atoms with Crippen LogP contribution in [0, 0.1) is 0 Å². The number of rotatable bonds is 5. The van der Waals surface area contributed by atoms with E-state index >= 15 is 0 Å². The summed E-state index contributed by atoms with van der Waals surface area (Å²) in [6.07, 6.45) is 3.66. The number of hydrogen-bond acceptors (Lipinski definition) is 5.